The highest BCUT2D eigenvalue weighted by molar-refractivity contribution is 9.10. The molecule has 1 saturated carbocycles. The molecule has 0 atom stereocenters. The number of nitrogens with one attached hydrogen (secondary N) is 1. The van der Waals surface area contributed by atoms with E-state index in [1.54, 1.807) is 0 Å². The van der Waals surface area contributed by atoms with E-state index in [0.717, 1.165) is 15.9 Å². The van der Waals surface area contributed by atoms with E-state index < -0.39 is 5.60 Å². The first kappa shape index (κ1) is 16.8. The van der Waals surface area contributed by atoms with Crippen LogP contribution in [0.4, 0.5) is 0 Å². The molecular formula is C16H22BrNO2S. The molecule has 0 amide bonds. The Morgan fingerprint density at radius 3 is 2.71 bits per heavy atom. The van der Waals surface area contributed by atoms with E-state index in [0.29, 0.717) is 11.8 Å². The highest BCUT2D eigenvalue weighted by atomic mass is 79.9. The Hall–Kier alpha value is -0.520. The fraction of sp³-hybridized carbons (Fsp3) is 0.562. The molecule has 2 rings (SSSR count). The van der Waals surface area contributed by atoms with Crippen molar-refractivity contribution in [2.24, 2.45) is 0 Å². The van der Waals surface area contributed by atoms with Crippen molar-refractivity contribution >= 4 is 33.7 Å². The highest BCUT2D eigenvalue weighted by Crippen LogP contribution is 2.29. The van der Waals surface area contributed by atoms with Gasteiger partial charge in [-0.25, -0.2) is 0 Å². The van der Waals surface area contributed by atoms with Gasteiger partial charge in [0.15, 0.2) is 0 Å². The summed E-state index contributed by atoms with van der Waals surface area (Å²) in [7, 11) is 0. The predicted octanol–water partition coefficient (Wildman–Crippen LogP) is 4.13. The van der Waals surface area contributed by atoms with Crippen LogP contribution in [0.5, 0.6) is 0 Å². The number of halogens is 1. The molecule has 0 radical (unpaired) electrons. The SMILES string of the molecule is CC(C)(C)OC(=O)CSc1ccc(CNC2CC2)cc1Br. The maximum atomic E-state index is 11.7. The number of hydrogen-bond acceptors (Lipinski definition) is 4. The van der Waals surface area contributed by atoms with E-state index in [1.807, 2.05) is 20.8 Å². The average Bonchev–Trinajstić information content (AvgIpc) is 3.17. The number of esters is 1. The Morgan fingerprint density at radius 2 is 2.14 bits per heavy atom. The zero-order valence-electron chi connectivity index (χ0n) is 12.7. The van der Waals surface area contributed by atoms with Crippen molar-refractivity contribution in [3.63, 3.8) is 0 Å². The standard InChI is InChI=1S/C16H22BrNO2S/c1-16(2,3)20-15(19)10-21-14-7-4-11(8-13(14)17)9-18-12-5-6-12/h4,7-8,12,18H,5-6,9-10H2,1-3H3. The molecule has 0 spiro atoms. The van der Waals surface area contributed by atoms with E-state index in [9.17, 15) is 4.79 Å². The third kappa shape index (κ3) is 6.41. The third-order valence-corrected chi connectivity index (χ3v) is 4.90. The molecule has 0 unspecified atom stereocenters. The molecule has 116 valence electrons. The zero-order valence-corrected chi connectivity index (χ0v) is 15.1. The van der Waals surface area contributed by atoms with Crippen molar-refractivity contribution in [2.45, 2.75) is 56.7 Å². The molecule has 0 aliphatic heterocycles. The fourth-order valence-corrected chi connectivity index (χ4v) is 3.29. The summed E-state index contributed by atoms with van der Waals surface area (Å²) >= 11 is 5.08. The molecule has 1 aromatic carbocycles. The van der Waals surface area contributed by atoms with Gasteiger partial charge in [0.25, 0.3) is 0 Å². The topological polar surface area (TPSA) is 38.3 Å². The van der Waals surface area contributed by atoms with E-state index in [4.69, 9.17) is 4.74 Å². The smallest absolute Gasteiger partial charge is 0.316 e. The lowest BCUT2D eigenvalue weighted by atomic mass is 10.2. The van der Waals surface area contributed by atoms with Gasteiger partial charge in [-0.3, -0.25) is 4.79 Å². The predicted molar refractivity (Wildman–Crippen MR) is 90.6 cm³/mol. The Kier molecular flexibility index (Phi) is 5.74. The van der Waals surface area contributed by atoms with E-state index >= 15 is 0 Å². The average molecular weight is 372 g/mol. The van der Waals surface area contributed by atoms with Crippen LogP contribution in [0.1, 0.15) is 39.2 Å². The summed E-state index contributed by atoms with van der Waals surface area (Å²) in [5.74, 6) is 0.147. The van der Waals surface area contributed by atoms with E-state index in [1.165, 1.54) is 30.2 Å². The minimum Gasteiger partial charge on any atom is -0.459 e. The van der Waals surface area contributed by atoms with Crippen LogP contribution in [0, 0.1) is 0 Å². The first-order valence-corrected chi connectivity index (χ1v) is 8.98. The molecule has 1 aliphatic carbocycles. The molecule has 1 fully saturated rings. The van der Waals surface area contributed by atoms with Crippen molar-refractivity contribution in [3.8, 4) is 0 Å². The molecule has 1 aliphatic rings. The molecule has 0 bridgehead atoms. The van der Waals surface area contributed by atoms with Gasteiger partial charge in [0.2, 0.25) is 0 Å². The van der Waals surface area contributed by atoms with Crippen LogP contribution in [0.25, 0.3) is 0 Å². The lowest BCUT2D eigenvalue weighted by Crippen LogP contribution is -2.24. The summed E-state index contributed by atoms with van der Waals surface area (Å²) in [6.45, 7) is 6.55. The second-order valence-electron chi connectivity index (χ2n) is 6.30. The molecule has 1 N–H and O–H groups in total. The molecule has 5 heteroatoms. The summed E-state index contributed by atoms with van der Waals surface area (Å²) in [5.41, 5.74) is 0.836. The van der Waals surface area contributed by atoms with Crippen LogP contribution in [-0.2, 0) is 16.1 Å². The fourth-order valence-electron chi connectivity index (χ4n) is 1.83. The van der Waals surface area contributed by atoms with Gasteiger partial charge in [-0.2, -0.15) is 0 Å². The first-order valence-electron chi connectivity index (χ1n) is 7.20. The Morgan fingerprint density at radius 1 is 1.43 bits per heavy atom. The second kappa shape index (κ2) is 7.16. The number of carbonyl (C=O) groups excluding carboxylic acids is 1. The number of carbonyl (C=O) groups is 1. The zero-order chi connectivity index (χ0) is 15.5. The summed E-state index contributed by atoms with van der Waals surface area (Å²) < 4.78 is 6.34. The second-order valence-corrected chi connectivity index (χ2v) is 8.17. The van der Waals surface area contributed by atoms with Gasteiger partial charge in [0, 0.05) is 22.0 Å². The Bertz CT molecular complexity index is 509. The van der Waals surface area contributed by atoms with Crippen LogP contribution in [-0.4, -0.2) is 23.4 Å². The molecule has 0 heterocycles. The largest absolute Gasteiger partial charge is 0.459 e. The minimum absolute atomic E-state index is 0.182. The van der Waals surface area contributed by atoms with Crippen molar-refractivity contribution in [1.82, 2.24) is 5.32 Å². The maximum Gasteiger partial charge on any atom is 0.316 e. The number of ether oxygens (including phenoxy) is 1. The summed E-state index contributed by atoms with van der Waals surface area (Å²) in [6, 6.07) is 7.00. The molecule has 21 heavy (non-hydrogen) atoms. The van der Waals surface area contributed by atoms with Crippen LogP contribution >= 0.6 is 27.7 Å². The Labute approximate surface area is 139 Å². The lowest BCUT2D eigenvalue weighted by Gasteiger charge is -2.19. The molecule has 0 saturated heterocycles. The first-order chi connectivity index (χ1) is 9.83. The lowest BCUT2D eigenvalue weighted by molar-refractivity contribution is -0.151. The van der Waals surface area contributed by atoms with Crippen LogP contribution in [0.3, 0.4) is 0 Å². The number of hydrogen-bond donors (Lipinski definition) is 1. The van der Waals surface area contributed by atoms with Gasteiger partial charge >= 0.3 is 5.97 Å². The summed E-state index contributed by atoms with van der Waals surface area (Å²) in [4.78, 5) is 12.8. The molecule has 1 aromatic rings. The number of rotatable bonds is 6. The number of benzene rings is 1. The molecule has 3 nitrogen and oxygen atoms in total. The van der Waals surface area contributed by atoms with Gasteiger partial charge in [-0.05, 0) is 67.2 Å². The minimum atomic E-state index is -0.423. The quantitative estimate of drug-likeness (QED) is 0.602. The Balaban J connectivity index is 1.83. The number of thioether (sulfide) groups is 1. The van der Waals surface area contributed by atoms with E-state index in [2.05, 4.69) is 39.4 Å². The van der Waals surface area contributed by atoms with Crippen LogP contribution in [0.15, 0.2) is 27.6 Å². The van der Waals surface area contributed by atoms with Gasteiger partial charge in [0.05, 0.1) is 5.75 Å². The van der Waals surface area contributed by atoms with Gasteiger partial charge in [-0.1, -0.05) is 6.07 Å². The third-order valence-electron chi connectivity index (χ3n) is 2.93. The highest BCUT2D eigenvalue weighted by Gasteiger charge is 2.20. The van der Waals surface area contributed by atoms with Crippen molar-refractivity contribution in [2.75, 3.05) is 5.75 Å². The van der Waals surface area contributed by atoms with Crippen LogP contribution in [0.2, 0.25) is 0 Å². The van der Waals surface area contributed by atoms with E-state index in [-0.39, 0.29) is 5.97 Å². The normalized spacial score (nSPS) is 15.0. The van der Waals surface area contributed by atoms with Gasteiger partial charge < -0.3 is 10.1 Å². The van der Waals surface area contributed by atoms with Crippen LogP contribution < -0.4 is 5.32 Å². The molecular weight excluding hydrogens is 350 g/mol. The monoisotopic (exact) mass is 371 g/mol. The van der Waals surface area contributed by atoms with Gasteiger partial charge in [0.1, 0.15) is 5.60 Å². The van der Waals surface area contributed by atoms with Crippen molar-refractivity contribution in [1.29, 1.82) is 0 Å². The van der Waals surface area contributed by atoms with Crippen molar-refractivity contribution < 1.29 is 9.53 Å². The summed E-state index contributed by atoms with van der Waals surface area (Å²) in [6.07, 6.45) is 2.59. The van der Waals surface area contributed by atoms with Crippen molar-refractivity contribution in [3.05, 3.63) is 28.2 Å². The summed E-state index contributed by atoms with van der Waals surface area (Å²) in [5, 5.41) is 3.49. The maximum absolute atomic E-state index is 11.7. The molecule has 0 aromatic heterocycles. The van der Waals surface area contributed by atoms with Gasteiger partial charge in [-0.15, -0.1) is 11.8 Å².